The van der Waals surface area contributed by atoms with Gasteiger partial charge in [0.05, 0.1) is 13.2 Å². The van der Waals surface area contributed by atoms with E-state index in [1.165, 1.54) is 12.1 Å². The molecule has 0 spiro atoms. The van der Waals surface area contributed by atoms with Gasteiger partial charge in [0.25, 0.3) is 0 Å². The number of carbonyl (C=O) groups excluding carboxylic acids is 1. The van der Waals surface area contributed by atoms with Gasteiger partial charge in [-0.1, -0.05) is 6.07 Å². The van der Waals surface area contributed by atoms with Gasteiger partial charge in [0.2, 0.25) is 0 Å². The van der Waals surface area contributed by atoms with Crippen molar-refractivity contribution in [2.45, 2.75) is 31.5 Å². The molecule has 1 aliphatic rings. The molecule has 1 atom stereocenters. The van der Waals surface area contributed by atoms with Gasteiger partial charge in [0.15, 0.2) is 0 Å². The van der Waals surface area contributed by atoms with Crippen LogP contribution in [0.2, 0.25) is 0 Å². The fraction of sp³-hybridized carbons (Fsp3) is 0.500. The molecule has 0 bridgehead atoms. The van der Waals surface area contributed by atoms with Crippen molar-refractivity contribution in [2.75, 3.05) is 13.2 Å². The Labute approximate surface area is 119 Å². The van der Waals surface area contributed by atoms with Crippen LogP contribution in [0.5, 0.6) is 0 Å². The zero-order valence-corrected chi connectivity index (χ0v) is 11.4. The van der Waals surface area contributed by atoms with Crippen LogP contribution in [0.15, 0.2) is 18.2 Å². The number of ether oxygens (including phenoxy) is 1. The van der Waals surface area contributed by atoms with Gasteiger partial charge < -0.3 is 4.74 Å². The monoisotopic (exact) mass is 305 g/mol. The second-order valence-electron chi connectivity index (χ2n) is 4.90. The maximum atomic E-state index is 13.2. The van der Waals surface area contributed by atoms with Gasteiger partial charge in [0, 0.05) is 0 Å². The van der Waals surface area contributed by atoms with E-state index >= 15 is 0 Å². The van der Waals surface area contributed by atoms with E-state index in [1.807, 2.05) is 0 Å². The Kier molecular flexibility index (Phi) is 4.22. The molecule has 2 rings (SSSR count). The topological polar surface area (TPSA) is 38.3 Å². The van der Waals surface area contributed by atoms with E-state index in [4.69, 9.17) is 4.74 Å². The molecule has 0 aliphatic heterocycles. The molecule has 1 aromatic carbocycles. The number of hydrogen-bond donors (Lipinski definition) is 1. The number of rotatable bonds is 4. The summed E-state index contributed by atoms with van der Waals surface area (Å²) >= 11 is 0. The maximum absolute atomic E-state index is 13.2. The molecule has 0 saturated carbocycles. The summed E-state index contributed by atoms with van der Waals surface area (Å²) in [5.74, 6) is -1.25. The number of esters is 1. The first-order valence-corrected chi connectivity index (χ1v) is 6.56. The average molecular weight is 305 g/mol. The summed E-state index contributed by atoms with van der Waals surface area (Å²) in [4.78, 5) is 12.2. The molecule has 116 valence electrons. The van der Waals surface area contributed by atoms with Crippen molar-refractivity contribution in [1.29, 1.82) is 0 Å². The third-order valence-corrected chi connectivity index (χ3v) is 3.51. The van der Waals surface area contributed by atoms with E-state index in [0.717, 1.165) is 6.07 Å². The first kappa shape index (κ1) is 15.8. The molecule has 1 aromatic rings. The van der Waals surface area contributed by atoms with Gasteiger partial charge in [-0.15, -0.1) is 0 Å². The molecule has 0 heterocycles. The van der Waals surface area contributed by atoms with Gasteiger partial charge in [0.1, 0.15) is 11.4 Å². The Morgan fingerprint density at radius 1 is 1.43 bits per heavy atom. The molecular formula is C14H15F4NO2. The largest absolute Gasteiger partial charge is 0.464 e. The molecule has 1 unspecified atom stereocenters. The van der Waals surface area contributed by atoms with E-state index in [9.17, 15) is 22.4 Å². The highest BCUT2D eigenvalue weighted by molar-refractivity contribution is 5.84. The zero-order chi connectivity index (χ0) is 15.7. The van der Waals surface area contributed by atoms with Crippen LogP contribution in [0.1, 0.15) is 24.5 Å². The highest BCUT2D eigenvalue weighted by atomic mass is 19.4. The number of fused-ring (bicyclic) bond motifs is 1. The molecule has 3 nitrogen and oxygen atoms in total. The van der Waals surface area contributed by atoms with Crippen LogP contribution < -0.4 is 5.32 Å². The van der Waals surface area contributed by atoms with Crippen molar-refractivity contribution >= 4 is 5.97 Å². The SMILES string of the molecule is CCOC(=O)C1(NCC(F)(F)F)CCc2cc(F)ccc21. The van der Waals surface area contributed by atoms with Crippen LogP contribution in [0, 0.1) is 5.82 Å². The van der Waals surface area contributed by atoms with Crippen molar-refractivity contribution in [2.24, 2.45) is 0 Å². The molecule has 0 amide bonds. The van der Waals surface area contributed by atoms with Crippen LogP contribution in [-0.4, -0.2) is 25.3 Å². The quantitative estimate of drug-likeness (QED) is 0.686. The molecule has 0 aromatic heterocycles. The predicted molar refractivity (Wildman–Crippen MR) is 67.1 cm³/mol. The lowest BCUT2D eigenvalue weighted by Crippen LogP contribution is -2.51. The van der Waals surface area contributed by atoms with E-state index in [1.54, 1.807) is 6.92 Å². The lowest BCUT2D eigenvalue weighted by atomic mass is 9.91. The summed E-state index contributed by atoms with van der Waals surface area (Å²) in [5, 5.41) is 2.27. The molecule has 7 heteroatoms. The molecule has 0 fully saturated rings. The first-order valence-electron chi connectivity index (χ1n) is 6.56. The smallest absolute Gasteiger partial charge is 0.401 e. The predicted octanol–water partition coefficient (Wildman–Crippen LogP) is 2.68. The molecule has 0 saturated heterocycles. The molecule has 1 aliphatic carbocycles. The average Bonchev–Trinajstić information content (AvgIpc) is 2.75. The van der Waals surface area contributed by atoms with Gasteiger partial charge in [-0.2, -0.15) is 13.2 Å². The summed E-state index contributed by atoms with van der Waals surface area (Å²) in [7, 11) is 0. The van der Waals surface area contributed by atoms with Crippen molar-refractivity contribution in [3.05, 3.63) is 35.1 Å². The molecule has 21 heavy (non-hydrogen) atoms. The lowest BCUT2D eigenvalue weighted by molar-refractivity contribution is -0.156. The molecular weight excluding hydrogens is 290 g/mol. The number of nitrogens with one attached hydrogen (secondary N) is 1. The van der Waals surface area contributed by atoms with Crippen LogP contribution in [0.3, 0.4) is 0 Å². The second-order valence-corrected chi connectivity index (χ2v) is 4.90. The van der Waals surface area contributed by atoms with Crippen LogP contribution >= 0.6 is 0 Å². The number of hydrogen-bond acceptors (Lipinski definition) is 3. The number of halogens is 4. The van der Waals surface area contributed by atoms with E-state index in [0.29, 0.717) is 17.5 Å². The Bertz CT molecular complexity index is 544. The Hall–Kier alpha value is -1.63. The summed E-state index contributed by atoms with van der Waals surface area (Å²) in [6, 6.07) is 3.72. The lowest BCUT2D eigenvalue weighted by Gasteiger charge is -2.29. The Morgan fingerprint density at radius 3 is 2.76 bits per heavy atom. The van der Waals surface area contributed by atoms with E-state index in [2.05, 4.69) is 5.32 Å². The number of benzene rings is 1. The summed E-state index contributed by atoms with van der Waals surface area (Å²) < 4.78 is 55.6. The zero-order valence-electron chi connectivity index (χ0n) is 11.4. The first-order chi connectivity index (χ1) is 9.78. The molecule has 1 N–H and O–H groups in total. The minimum Gasteiger partial charge on any atom is -0.464 e. The van der Waals surface area contributed by atoms with E-state index < -0.39 is 30.0 Å². The Morgan fingerprint density at radius 2 is 2.14 bits per heavy atom. The van der Waals surface area contributed by atoms with Crippen molar-refractivity contribution in [3.63, 3.8) is 0 Å². The van der Waals surface area contributed by atoms with Crippen LogP contribution in [-0.2, 0) is 21.5 Å². The van der Waals surface area contributed by atoms with Gasteiger partial charge in [-0.25, -0.2) is 9.18 Å². The Balaban J connectivity index is 2.38. The fourth-order valence-corrected chi connectivity index (χ4v) is 2.62. The normalized spacial score (nSPS) is 21.2. The summed E-state index contributed by atoms with van der Waals surface area (Å²) in [6.45, 7) is 0.323. The minimum absolute atomic E-state index is 0.0603. The fourth-order valence-electron chi connectivity index (χ4n) is 2.62. The van der Waals surface area contributed by atoms with Crippen LogP contribution in [0.25, 0.3) is 0 Å². The minimum atomic E-state index is -4.46. The number of alkyl halides is 3. The molecule has 0 radical (unpaired) electrons. The van der Waals surface area contributed by atoms with E-state index in [-0.39, 0.29) is 13.0 Å². The number of aryl methyl sites for hydroxylation is 1. The van der Waals surface area contributed by atoms with Crippen molar-refractivity contribution in [3.8, 4) is 0 Å². The van der Waals surface area contributed by atoms with Crippen molar-refractivity contribution < 1.29 is 27.1 Å². The number of carbonyl (C=O) groups is 1. The highest BCUT2D eigenvalue weighted by Gasteiger charge is 2.48. The van der Waals surface area contributed by atoms with Gasteiger partial charge in [-0.3, -0.25) is 5.32 Å². The van der Waals surface area contributed by atoms with Gasteiger partial charge in [-0.05, 0) is 43.0 Å². The third-order valence-electron chi connectivity index (χ3n) is 3.51. The van der Waals surface area contributed by atoms with Crippen molar-refractivity contribution in [1.82, 2.24) is 5.32 Å². The summed E-state index contributed by atoms with van der Waals surface area (Å²) in [6.07, 6.45) is -4.03. The third kappa shape index (κ3) is 3.18. The second kappa shape index (κ2) is 5.63. The highest BCUT2D eigenvalue weighted by Crippen LogP contribution is 2.39. The maximum Gasteiger partial charge on any atom is 0.401 e. The van der Waals surface area contributed by atoms with Crippen LogP contribution in [0.4, 0.5) is 17.6 Å². The standard InChI is InChI=1S/C14H15F4NO2/c1-2-21-12(20)13(19-8-14(16,17)18)6-5-9-7-10(15)3-4-11(9)13/h3-4,7,19H,2,5-6,8H2,1H3. The van der Waals surface area contributed by atoms with Gasteiger partial charge >= 0.3 is 12.1 Å². The summed E-state index contributed by atoms with van der Waals surface area (Å²) in [5.41, 5.74) is -0.682.